The van der Waals surface area contributed by atoms with Crippen LogP contribution in [0.15, 0.2) is 27.4 Å². The number of hydrogen-bond donors (Lipinski definition) is 2. The van der Waals surface area contributed by atoms with E-state index in [9.17, 15) is 4.79 Å². The zero-order valence-corrected chi connectivity index (χ0v) is 10.1. The number of aromatic nitrogens is 5. The maximum Gasteiger partial charge on any atom is 0.343 e. The summed E-state index contributed by atoms with van der Waals surface area (Å²) in [6, 6.07) is 1.64. The lowest BCUT2D eigenvalue weighted by Crippen LogP contribution is -2.17. The molecule has 90 valence electrons. The molecule has 0 aliphatic carbocycles. The first kappa shape index (κ1) is 11.6. The van der Waals surface area contributed by atoms with Gasteiger partial charge in [0.25, 0.3) is 0 Å². The van der Waals surface area contributed by atoms with Crippen LogP contribution in [-0.4, -0.2) is 24.7 Å². The molecule has 0 atom stereocenters. The van der Waals surface area contributed by atoms with Crippen LogP contribution in [0.2, 0.25) is 0 Å². The Morgan fingerprint density at radius 3 is 3.06 bits per heavy atom. The van der Waals surface area contributed by atoms with Crippen molar-refractivity contribution < 1.29 is 0 Å². The molecule has 2 aromatic heterocycles. The van der Waals surface area contributed by atoms with Gasteiger partial charge in [-0.1, -0.05) is 6.92 Å². The summed E-state index contributed by atoms with van der Waals surface area (Å²) in [5.74, 6) is 0.391. The van der Waals surface area contributed by atoms with Gasteiger partial charge in [0.1, 0.15) is 17.2 Å². The lowest BCUT2D eigenvalue weighted by molar-refractivity contribution is 0.603. The van der Waals surface area contributed by atoms with Gasteiger partial charge in [0, 0.05) is 12.6 Å². The van der Waals surface area contributed by atoms with Crippen LogP contribution in [0.5, 0.6) is 0 Å². The van der Waals surface area contributed by atoms with Crippen molar-refractivity contribution in [3.63, 3.8) is 0 Å². The SMILES string of the molecule is CCCn1c(Sc2cc(N)ncn2)n[nH]c1=O. The minimum atomic E-state index is -0.212. The summed E-state index contributed by atoms with van der Waals surface area (Å²) >= 11 is 1.28. The number of anilines is 1. The molecule has 8 heteroatoms. The molecule has 0 fully saturated rings. The zero-order chi connectivity index (χ0) is 12.3. The maximum absolute atomic E-state index is 11.5. The molecule has 0 aromatic carbocycles. The summed E-state index contributed by atoms with van der Waals surface area (Å²) in [7, 11) is 0. The van der Waals surface area contributed by atoms with Gasteiger partial charge in [0.2, 0.25) is 0 Å². The van der Waals surface area contributed by atoms with E-state index in [0.717, 1.165) is 6.42 Å². The number of nitrogen functional groups attached to an aromatic ring is 1. The molecule has 2 aromatic rings. The number of nitrogens with one attached hydrogen (secondary N) is 1. The summed E-state index contributed by atoms with van der Waals surface area (Å²) in [5.41, 5.74) is 5.34. The Labute approximate surface area is 101 Å². The van der Waals surface area contributed by atoms with Crippen LogP contribution in [-0.2, 0) is 6.54 Å². The molecule has 2 heterocycles. The van der Waals surface area contributed by atoms with Crippen LogP contribution in [0.3, 0.4) is 0 Å². The normalized spacial score (nSPS) is 10.6. The molecule has 17 heavy (non-hydrogen) atoms. The van der Waals surface area contributed by atoms with Gasteiger partial charge in [-0.05, 0) is 18.2 Å². The fourth-order valence-electron chi connectivity index (χ4n) is 1.30. The first-order valence-electron chi connectivity index (χ1n) is 5.11. The van der Waals surface area contributed by atoms with E-state index >= 15 is 0 Å². The number of hydrogen-bond acceptors (Lipinski definition) is 6. The molecule has 0 aliphatic heterocycles. The van der Waals surface area contributed by atoms with Crippen molar-refractivity contribution in [3.8, 4) is 0 Å². The highest BCUT2D eigenvalue weighted by Crippen LogP contribution is 2.23. The van der Waals surface area contributed by atoms with Crippen LogP contribution >= 0.6 is 11.8 Å². The van der Waals surface area contributed by atoms with Gasteiger partial charge >= 0.3 is 5.69 Å². The van der Waals surface area contributed by atoms with Gasteiger partial charge in [-0.25, -0.2) is 19.9 Å². The predicted octanol–water partition coefficient (Wildman–Crippen LogP) is 0.505. The van der Waals surface area contributed by atoms with Crippen LogP contribution in [0.1, 0.15) is 13.3 Å². The van der Waals surface area contributed by atoms with Crippen molar-refractivity contribution in [2.75, 3.05) is 5.73 Å². The summed E-state index contributed by atoms with van der Waals surface area (Å²) < 4.78 is 1.57. The van der Waals surface area contributed by atoms with E-state index in [4.69, 9.17) is 5.73 Å². The molecular weight excluding hydrogens is 240 g/mol. The molecule has 0 spiro atoms. The second-order valence-electron chi connectivity index (χ2n) is 3.35. The average molecular weight is 252 g/mol. The van der Waals surface area contributed by atoms with Gasteiger partial charge < -0.3 is 5.73 Å². The Bertz CT molecular complexity index is 563. The first-order chi connectivity index (χ1) is 8.20. The topological polar surface area (TPSA) is 102 Å². The maximum atomic E-state index is 11.5. The van der Waals surface area contributed by atoms with Crippen molar-refractivity contribution in [1.82, 2.24) is 24.7 Å². The van der Waals surface area contributed by atoms with E-state index < -0.39 is 0 Å². The quantitative estimate of drug-likeness (QED) is 0.768. The molecule has 0 unspecified atom stereocenters. The first-order valence-corrected chi connectivity index (χ1v) is 5.93. The van der Waals surface area contributed by atoms with Crippen LogP contribution < -0.4 is 11.4 Å². The third-order valence-corrected chi connectivity index (χ3v) is 2.96. The third kappa shape index (κ3) is 2.64. The molecule has 7 nitrogen and oxygen atoms in total. The molecule has 0 radical (unpaired) electrons. The molecule has 0 amide bonds. The highest BCUT2D eigenvalue weighted by Gasteiger charge is 2.10. The van der Waals surface area contributed by atoms with Gasteiger partial charge in [-0.2, -0.15) is 0 Å². The van der Waals surface area contributed by atoms with Gasteiger partial charge in [-0.3, -0.25) is 4.57 Å². The third-order valence-electron chi connectivity index (χ3n) is 2.03. The molecule has 0 bridgehead atoms. The van der Waals surface area contributed by atoms with Crippen LogP contribution in [0, 0.1) is 0 Å². The Kier molecular flexibility index (Phi) is 3.43. The molecular formula is C9H12N6OS. The van der Waals surface area contributed by atoms with Crippen molar-refractivity contribution >= 4 is 17.6 Å². The highest BCUT2D eigenvalue weighted by molar-refractivity contribution is 7.99. The molecule has 3 N–H and O–H groups in total. The fraction of sp³-hybridized carbons (Fsp3) is 0.333. The standard InChI is InChI=1S/C9H12N6OS/c1-2-3-15-8(16)13-14-9(15)17-7-4-6(10)11-5-12-7/h4-5H,2-3H2,1H3,(H,13,16)(H2,10,11,12). The Hall–Kier alpha value is -1.83. The summed E-state index contributed by atoms with van der Waals surface area (Å²) in [4.78, 5) is 19.3. The molecule has 0 saturated carbocycles. The smallest absolute Gasteiger partial charge is 0.343 e. The summed E-state index contributed by atoms with van der Waals surface area (Å²) in [6.07, 6.45) is 2.24. The van der Waals surface area contributed by atoms with E-state index in [1.165, 1.54) is 18.1 Å². The lowest BCUT2D eigenvalue weighted by atomic mass is 10.5. The summed E-state index contributed by atoms with van der Waals surface area (Å²) in [5, 5.41) is 7.60. The Morgan fingerprint density at radius 1 is 1.53 bits per heavy atom. The van der Waals surface area contributed by atoms with Gasteiger partial charge in [-0.15, -0.1) is 5.10 Å². The minimum absolute atomic E-state index is 0.212. The number of rotatable bonds is 4. The fourth-order valence-corrected chi connectivity index (χ4v) is 2.15. The molecule has 0 saturated heterocycles. The lowest BCUT2D eigenvalue weighted by Gasteiger charge is -2.02. The Morgan fingerprint density at radius 2 is 2.35 bits per heavy atom. The van der Waals surface area contributed by atoms with E-state index in [2.05, 4.69) is 20.2 Å². The molecule has 0 aliphatic rings. The predicted molar refractivity (Wildman–Crippen MR) is 63.7 cm³/mol. The average Bonchev–Trinajstić information content (AvgIpc) is 2.62. The van der Waals surface area contributed by atoms with Crippen molar-refractivity contribution in [3.05, 3.63) is 22.9 Å². The number of H-pyrrole nitrogens is 1. The second-order valence-corrected chi connectivity index (χ2v) is 4.33. The zero-order valence-electron chi connectivity index (χ0n) is 9.25. The second kappa shape index (κ2) is 5.00. The van der Waals surface area contributed by atoms with E-state index in [-0.39, 0.29) is 5.69 Å². The highest BCUT2D eigenvalue weighted by atomic mass is 32.2. The van der Waals surface area contributed by atoms with Crippen LogP contribution in [0.25, 0.3) is 0 Å². The van der Waals surface area contributed by atoms with Crippen LogP contribution in [0.4, 0.5) is 5.82 Å². The van der Waals surface area contributed by atoms with Crippen molar-refractivity contribution in [1.29, 1.82) is 0 Å². The molecule has 2 rings (SSSR count). The number of nitrogens with zero attached hydrogens (tertiary/aromatic N) is 4. The van der Waals surface area contributed by atoms with E-state index in [0.29, 0.717) is 22.5 Å². The van der Waals surface area contributed by atoms with E-state index in [1.54, 1.807) is 10.6 Å². The monoisotopic (exact) mass is 252 g/mol. The summed E-state index contributed by atoms with van der Waals surface area (Å²) in [6.45, 7) is 2.62. The van der Waals surface area contributed by atoms with Crippen molar-refractivity contribution in [2.45, 2.75) is 30.1 Å². The number of aromatic amines is 1. The minimum Gasteiger partial charge on any atom is -0.384 e. The van der Waals surface area contributed by atoms with E-state index in [1.807, 2.05) is 6.92 Å². The number of nitrogens with two attached hydrogens (primary N) is 1. The van der Waals surface area contributed by atoms with Gasteiger partial charge in [0.05, 0.1) is 0 Å². The van der Waals surface area contributed by atoms with Gasteiger partial charge in [0.15, 0.2) is 5.16 Å². The van der Waals surface area contributed by atoms with Crippen molar-refractivity contribution in [2.24, 2.45) is 0 Å². The largest absolute Gasteiger partial charge is 0.384 e. The Balaban J connectivity index is 2.27.